The molecule has 0 bridgehead atoms. The molecule has 27 heavy (non-hydrogen) atoms. The topological polar surface area (TPSA) is 105 Å². The van der Waals surface area contributed by atoms with Gasteiger partial charge >= 0.3 is 12.0 Å². The number of esters is 1. The van der Waals surface area contributed by atoms with E-state index in [4.69, 9.17) is 4.74 Å². The molecule has 1 aromatic rings. The molecule has 0 aliphatic carbocycles. The van der Waals surface area contributed by atoms with Gasteiger partial charge in [-0.3, -0.25) is 19.7 Å². The number of hydrogen-bond donors (Lipinski definition) is 2. The van der Waals surface area contributed by atoms with Gasteiger partial charge in [-0.2, -0.15) is 0 Å². The molecule has 1 aromatic carbocycles. The summed E-state index contributed by atoms with van der Waals surface area (Å²) < 4.78 is 5.33. The number of likely N-dealkylation sites (tertiary alicyclic amines) is 1. The van der Waals surface area contributed by atoms with Crippen molar-refractivity contribution in [2.75, 3.05) is 19.7 Å². The third-order valence-corrected chi connectivity index (χ3v) is 5.20. The maximum Gasteiger partial charge on any atom is 0.322 e. The van der Waals surface area contributed by atoms with Gasteiger partial charge in [-0.15, -0.1) is 0 Å². The number of piperidine rings is 1. The maximum absolute atomic E-state index is 12.7. The van der Waals surface area contributed by atoms with Gasteiger partial charge in [0.25, 0.3) is 5.91 Å². The normalized spacial score (nSPS) is 21.4. The van der Waals surface area contributed by atoms with Crippen LogP contribution in [0.4, 0.5) is 4.79 Å². The fourth-order valence-electron chi connectivity index (χ4n) is 3.68. The lowest BCUT2D eigenvalue weighted by Gasteiger charge is -2.40. The van der Waals surface area contributed by atoms with E-state index in [0.717, 1.165) is 5.56 Å². The van der Waals surface area contributed by atoms with Crippen molar-refractivity contribution < 1.29 is 23.9 Å². The summed E-state index contributed by atoms with van der Waals surface area (Å²) in [7, 11) is 0. The zero-order valence-corrected chi connectivity index (χ0v) is 15.2. The Morgan fingerprint density at radius 3 is 2.41 bits per heavy atom. The second-order valence-corrected chi connectivity index (χ2v) is 6.77. The van der Waals surface area contributed by atoms with Gasteiger partial charge in [0.15, 0.2) is 0 Å². The molecule has 1 atom stereocenters. The van der Waals surface area contributed by atoms with Crippen molar-refractivity contribution >= 4 is 23.8 Å². The van der Waals surface area contributed by atoms with E-state index in [2.05, 4.69) is 10.6 Å². The molecule has 0 saturated carbocycles. The van der Waals surface area contributed by atoms with Crippen LogP contribution in [-0.4, -0.2) is 54.5 Å². The summed E-state index contributed by atoms with van der Waals surface area (Å²) >= 11 is 0. The zero-order chi connectivity index (χ0) is 19.4. The molecule has 3 rings (SSSR count). The zero-order valence-electron chi connectivity index (χ0n) is 15.2. The third-order valence-electron chi connectivity index (χ3n) is 5.20. The van der Waals surface area contributed by atoms with Crippen LogP contribution in [-0.2, 0) is 24.5 Å². The molecule has 2 heterocycles. The van der Waals surface area contributed by atoms with E-state index in [-0.39, 0.29) is 18.3 Å². The molecule has 0 aromatic heterocycles. The number of nitrogens with one attached hydrogen (secondary N) is 2. The Morgan fingerprint density at radius 1 is 1.19 bits per heavy atom. The molecular formula is C19H23N3O5. The highest BCUT2D eigenvalue weighted by Crippen LogP contribution is 2.37. The number of carbonyl (C=O) groups excluding carboxylic acids is 4. The lowest BCUT2D eigenvalue weighted by molar-refractivity contribution is -0.154. The fourth-order valence-corrected chi connectivity index (χ4v) is 3.68. The lowest BCUT2D eigenvalue weighted by Crippen LogP contribution is -2.50. The summed E-state index contributed by atoms with van der Waals surface area (Å²) in [6.45, 7) is 2.84. The van der Waals surface area contributed by atoms with E-state index >= 15 is 0 Å². The number of imide groups is 1. The number of benzene rings is 1. The van der Waals surface area contributed by atoms with Gasteiger partial charge in [-0.1, -0.05) is 30.3 Å². The van der Waals surface area contributed by atoms with Crippen LogP contribution in [0.25, 0.3) is 0 Å². The Hall–Kier alpha value is -2.90. The van der Waals surface area contributed by atoms with E-state index < -0.39 is 23.4 Å². The Labute approximate surface area is 157 Å². The number of urea groups is 1. The predicted molar refractivity (Wildman–Crippen MR) is 95.6 cm³/mol. The van der Waals surface area contributed by atoms with Gasteiger partial charge in [0, 0.05) is 13.1 Å². The van der Waals surface area contributed by atoms with Crippen LogP contribution in [0, 0.1) is 0 Å². The van der Waals surface area contributed by atoms with E-state index in [1.54, 1.807) is 11.8 Å². The largest absolute Gasteiger partial charge is 0.465 e. The molecule has 4 amide bonds. The maximum atomic E-state index is 12.7. The lowest BCUT2D eigenvalue weighted by atomic mass is 9.72. The van der Waals surface area contributed by atoms with E-state index in [9.17, 15) is 19.2 Å². The highest BCUT2D eigenvalue weighted by atomic mass is 16.5. The Bertz CT molecular complexity index is 741. The molecule has 2 aliphatic heterocycles. The monoisotopic (exact) mass is 373 g/mol. The van der Waals surface area contributed by atoms with E-state index in [1.165, 1.54) is 0 Å². The van der Waals surface area contributed by atoms with Crippen molar-refractivity contribution in [3.05, 3.63) is 35.9 Å². The fraction of sp³-hybridized carbons (Fsp3) is 0.474. The minimum Gasteiger partial charge on any atom is -0.465 e. The van der Waals surface area contributed by atoms with Crippen molar-refractivity contribution in [1.29, 1.82) is 0 Å². The van der Waals surface area contributed by atoms with E-state index in [1.807, 2.05) is 30.3 Å². The highest BCUT2D eigenvalue weighted by molar-refractivity contribution is 6.05. The van der Waals surface area contributed by atoms with Crippen molar-refractivity contribution in [3.63, 3.8) is 0 Å². The smallest absolute Gasteiger partial charge is 0.322 e. The van der Waals surface area contributed by atoms with Crippen molar-refractivity contribution in [1.82, 2.24) is 15.5 Å². The first kappa shape index (κ1) is 18.9. The molecule has 2 saturated heterocycles. The number of carbonyl (C=O) groups is 4. The summed E-state index contributed by atoms with van der Waals surface area (Å²) in [5, 5.41) is 4.55. The summed E-state index contributed by atoms with van der Waals surface area (Å²) in [5.41, 5.74) is 0.116. The number of nitrogens with zero attached hydrogens (tertiary/aromatic N) is 1. The molecule has 1 unspecified atom stereocenters. The predicted octanol–water partition coefficient (Wildman–Crippen LogP) is 0.708. The van der Waals surface area contributed by atoms with Crippen LogP contribution in [0.5, 0.6) is 0 Å². The average Bonchev–Trinajstić information content (AvgIpc) is 2.99. The van der Waals surface area contributed by atoms with Gasteiger partial charge in [-0.25, -0.2) is 4.79 Å². The van der Waals surface area contributed by atoms with Gasteiger partial charge < -0.3 is 15.0 Å². The Balaban J connectivity index is 1.69. The minimum absolute atomic E-state index is 0.0880. The number of rotatable bonds is 5. The van der Waals surface area contributed by atoms with Crippen LogP contribution < -0.4 is 10.6 Å². The molecule has 2 N–H and O–H groups in total. The molecule has 0 radical (unpaired) electrons. The highest BCUT2D eigenvalue weighted by Gasteiger charge is 2.45. The second-order valence-electron chi connectivity index (χ2n) is 6.77. The van der Waals surface area contributed by atoms with Crippen molar-refractivity contribution in [2.24, 2.45) is 0 Å². The molecule has 2 fully saturated rings. The quantitative estimate of drug-likeness (QED) is 0.584. The first-order valence-electron chi connectivity index (χ1n) is 9.08. The van der Waals surface area contributed by atoms with Crippen LogP contribution in [0.15, 0.2) is 30.3 Å². The third kappa shape index (κ3) is 3.79. The molecular weight excluding hydrogens is 350 g/mol. The first-order valence-corrected chi connectivity index (χ1v) is 9.08. The number of hydrogen-bond acceptors (Lipinski definition) is 5. The molecule has 0 spiro atoms. The minimum atomic E-state index is -0.837. The Morgan fingerprint density at radius 2 is 1.85 bits per heavy atom. The molecule has 8 heteroatoms. The standard InChI is InChI=1S/C19H23N3O5/c1-2-27-17(25)19(13-6-4-3-5-7-13)8-10-22(11-9-19)15(23)12-14-16(24)21-18(26)20-14/h3-7,14H,2,8-12H2,1H3,(H2,20,21,24,26). The Kier molecular flexibility index (Phi) is 5.43. The van der Waals surface area contributed by atoms with Crippen molar-refractivity contribution in [2.45, 2.75) is 37.6 Å². The van der Waals surface area contributed by atoms with Crippen LogP contribution in [0.1, 0.15) is 31.7 Å². The average molecular weight is 373 g/mol. The van der Waals surface area contributed by atoms with Crippen molar-refractivity contribution in [3.8, 4) is 0 Å². The molecule has 144 valence electrons. The van der Waals surface area contributed by atoms with E-state index in [0.29, 0.717) is 32.5 Å². The van der Waals surface area contributed by atoms with Gasteiger partial charge in [0.05, 0.1) is 18.4 Å². The first-order chi connectivity index (χ1) is 13.0. The summed E-state index contributed by atoms with van der Waals surface area (Å²) in [6.07, 6.45) is 0.810. The van der Waals surface area contributed by atoms with Gasteiger partial charge in [0.2, 0.25) is 5.91 Å². The molecule has 8 nitrogen and oxygen atoms in total. The van der Waals surface area contributed by atoms with Gasteiger partial charge in [0.1, 0.15) is 6.04 Å². The van der Waals surface area contributed by atoms with Crippen LogP contribution in [0.2, 0.25) is 0 Å². The second kappa shape index (κ2) is 7.77. The summed E-state index contributed by atoms with van der Waals surface area (Å²) in [5.74, 6) is -0.982. The van der Waals surface area contributed by atoms with Crippen LogP contribution >= 0.6 is 0 Å². The summed E-state index contributed by atoms with van der Waals surface area (Å²) in [4.78, 5) is 49.7. The van der Waals surface area contributed by atoms with Crippen LogP contribution in [0.3, 0.4) is 0 Å². The van der Waals surface area contributed by atoms with Gasteiger partial charge in [-0.05, 0) is 25.3 Å². The summed E-state index contributed by atoms with van der Waals surface area (Å²) in [6, 6.07) is 8.06. The number of amides is 4. The molecule has 2 aliphatic rings. The number of ether oxygens (including phenoxy) is 1. The SMILES string of the molecule is CCOC(=O)C1(c2ccccc2)CCN(C(=O)CC2NC(=O)NC2=O)CC1.